The maximum atomic E-state index is 6.14. The summed E-state index contributed by atoms with van der Waals surface area (Å²) in [6.07, 6.45) is 9.03. The molecule has 2 unspecified atom stereocenters. The molecule has 0 aromatic heterocycles. The highest BCUT2D eigenvalue weighted by Crippen LogP contribution is 2.25. The third-order valence-corrected chi connectivity index (χ3v) is 4.68. The van der Waals surface area contributed by atoms with E-state index in [4.69, 9.17) is 4.74 Å². The van der Waals surface area contributed by atoms with Crippen molar-refractivity contribution in [3.05, 3.63) is 0 Å². The summed E-state index contributed by atoms with van der Waals surface area (Å²) in [5.41, 5.74) is 0. The molecule has 0 bridgehead atoms. The molecule has 0 aromatic rings. The minimum atomic E-state index is 0.461. The summed E-state index contributed by atoms with van der Waals surface area (Å²) in [6.45, 7) is 10.3. The van der Waals surface area contributed by atoms with Crippen LogP contribution < -0.4 is 5.32 Å². The predicted molar refractivity (Wildman–Crippen MR) is 80.5 cm³/mol. The van der Waals surface area contributed by atoms with Gasteiger partial charge in [-0.3, -0.25) is 0 Å². The highest BCUT2D eigenvalue weighted by atomic mass is 16.5. The number of rotatable bonds is 7. The van der Waals surface area contributed by atoms with Crippen molar-refractivity contribution in [2.75, 3.05) is 32.7 Å². The molecule has 2 heterocycles. The van der Waals surface area contributed by atoms with Crippen molar-refractivity contribution in [1.82, 2.24) is 10.2 Å². The molecule has 0 aliphatic carbocycles. The Bertz CT molecular complexity index is 239. The molecule has 1 N–H and O–H groups in total. The van der Waals surface area contributed by atoms with E-state index in [1.54, 1.807) is 0 Å². The molecule has 0 radical (unpaired) electrons. The van der Waals surface area contributed by atoms with Gasteiger partial charge in [-0.2, -0.15) is 0 Å². The van der Waals surface area contributed by atoms with Gasteiger partial charge in [-0.15, -0.1) is 0 Å². The lowest BCUT2D eigenvalue weighted by atomic mass is 9.92. The Morgan fingerprint density at radius 1 is 1.05 bits per heavy atom. The van der Waals surface area contributed by atoms with E-state index in [1.165, 1.54) is 58.2 Å². The van der Waals surface area contributed by atoms with Crippen molar-refractivity contribution >= 4 is 0 Å². The lowest BCUT2D eigenvalue weighted by Gasteiger charge is -2.33. The number of hydrogen-bond donors (Lipinski definition) is 1. The van der Waals surface area contributed by atoms with Crippen LogP contribution in [0.4, 0.5) is 0 Å². The van der Waals surface area contributed by atoms with Crippen LogP contribution in [0, 0.1) is 5.92 Å². The van der Waals surface area contributed by atoms with Crippen LogP contribution in [0.5, 0.6) is 0 Å². The molecule has 2 rings (SSSR count). The number of nitrogens with zero attached hydrogens (tertiary/aromatic N) is 1. The molecule has 3 nitrogen and oxygen atoms in total. The molecule has 0 spiro atoms. The van der Waals surface area contributed by atoms with Crippen LogP contribution in [0.15, 0.2) is 0 Å². The van der Waals surface area contributed by atoms with Gasteiger partial charge in [0.1, 0.15) is 0 Å². The molecular formula is C16H32N2O. The smallest absolute Gasteiger partial charge is 0.0707 e. The van der Waals surface area contributed by atoms with E-state index < -0.39 is 0 Å². The van der Waals surface area contributed by atoms with E-state index in [-0.39, 0.29) is 0 Å². The van der Waals surface area contributed by atoms with Gasteiger partial charge in [0.2, 0.25) is 0 Å². The van der Waals surface area contributed by atoms with Gasteiger partial charge in [0.25, 0.3) is 0 Å². The number of likely N-dealkylation sites (N-methyl/N-ethyl adjacent to an activating group) is 1. The Morgan fingerprint density at radius 3 is 2.47 bits per heavy atom. The van der Waals surface area contributed by atoms with Crippen molar-refractivity contribution in [2.24, 2.45) is 5.92 Å². The van der Waals surface area contributed by atoms with E-state index >= 15 is 0 Å². The van der Waals surface area contributed by atoms with Crippen molar-refractivity contribution in [3.8, 4) is 0 Å². The normalized spacial score (nSPS) is 30.0. The predicted octanol–water partition coefficient (Wildman–Crippen LogP) is 2.66. The Morgan fingerprint density at radius 2 is 1.79 bits per heavy atom. The Kier molecular flexibility index (Phi) is 6.62. The fourth-order valence-corrected chi connectivity index (χ4v) is 3.52. The molecule has 0 saturated carbocycles. The van der Waals surface area contributed by atoms with Crippen molar-refractivity contribution in [3.63, 3.8) is 0 Å². The SMILES string of the molecule is CCCC1CCN(CC2CCC(CNCC)O2)CC1. The quantitative estimate of drug-likeness (QED) is 0.768. The largest absolute Gasteiger partial charge is 0.372 e. The zero-order chi connectivity index (χ0) is 13.5. The van der Waals surface area contributed by atoms with Crippen LogP contribution in [0.1, 0.15) is 52.4 Å². The molecule has 112 valence electrons. The molecule has 0 amide bonds. The number of piperidine rings is 1. The van der Waals surface area contributed by atoms with Gasteiger partial charge < -0.3 is 15.0 Å². The monoisotopic (exact) mass is 268 g/mol. The first-order valence-electron chi connectivity index (χ1n) is 8.40. The molecule has 2 atom stereocenters. The summed E-state index contributed by atoms with van der Waals surface area (Å²) in [6, 6.07) is 0. The maximum Gasteiger partial charge on any atom is 0.0707 e. The molecule has 0 aromatic carbocycles. The standard InChI is InChI=1S/C16H32N2O/c1-3-5-14-8-10-18(11-9-14)13-16-7-6-15(19-16)12-17-4-2/h14-17H,3-13H2,1-2H3. The van der Waals surface area contributed by atoms with Gasteiger partial charge in [-0.1, -0.05) is 26.7 Å². The molecule has 2 aliphatic rings. The van der Waals surface area contributed by atoms with E-state index in [1.807, 2.05) is 0 Å². The van der Waals surface area contributed by atoms with Crippen LogP contribution in [0.2, 0.25) is 0 Å². The molecule has 2 aliphatic heterocycles. The summed E-state index contributed by atoms with van der Waals surface area (Å²) >= 11 is 0. The molecular weight excluding hydrogens is 236 g/mol. The third kappa shape index (κ3) is 5.05. The van der Waals surface area contributed by atoms with Crippen LogP contribution in [0.25, 0.3) is 0 Å². The van der Waals surface area contributed by atoms with Gasteiger partial charge >= 0.3 is 0 Å². The lowest BCUT2D eigenvalue weighted by molar-refractivity contribution is 0.0166. The molecule has 2 fully saturated rings. The maximum absolute atomic E-state index is 6.14. The highest BCUT2D eigenvalue weighted by molar-refractivity contribution is 4.80. The van der Waals surface area contributed by atoms with Crippen molar-refractivity contribution < 1.29 is 4.74 Å². The van der Waals surface area contributed by atoms with Gasteiger partial charge in [-0.25, -0.2) is 0 Å². The highest BCUT2D eigenvalue weighted by Gasteiger charge is 2.28. The second-order valence-electron chi connectivity index (χ2n) is 6.30. The Balaban J connectivity index is 1.61. The zero-order valence-electron chi connectivity index (χ0n) is 12.9. The minimum absolute atomic E-state index is 0.461. The number of ether oxygens (including phenoxy) is 1. The van der Waals surface area contributed by atoms with Crippen LogP contribution in [0.3, 0.4) is 0 Å². The first kappa shape index (κ1) is 15.3. The summed E-state index contributed by atoms with van der Waals surface area (Å²) in [5, 5.41) is 3.40. The second kappa shape index (κ2) is 8.23. The molecule has 19 heavy (non-hydrogen) atoms. The minimum Gasteiger partial charge on any atom is -0.372 e. The van der Waals surface area contributed by atoms with Gasteiger partial charge in [0.05, 0.1) is 12.2 Å². The van der Waals surface area contributed by atoms with E-state index in [0.29, 0.717) is 12.2 Å². The number of likely N-dealkylation sites (tertiary alicyclic amines) is 1. The zero-order valence-corrected chi connectivity index (χ0v) is 12.9. The van der Waals surface area contributed by atoms with E-state index in [2.05, 4.69) is 24.1 Å². The summed E-state index contributed by atoms with van der Waals surface area (Å²) < 4.78 is 6.14. The average Bonchev–Trinajstić information content (AvgIpc) is 2.87. The number of hydrogen-bond acceptors (Lipinski definition) is 3. The number of nitrogens with one attached hydrogen (secondary N) is 1. The van der Waals surface area contributed by atoms with Gasteiger partial charge in [0.15, 0.2) is 0 Å². The van der Waals surface area contributed by atoms with E-state index in [0.717, 1.165) is 19.0 Å². The third-order valence-electron chi connectivity index (χ3n) is 4.68. The average molecular weight is 268 g/mol. The molecule has 2 saturated heterocycles. The fraction of sp³-hybridized carbons (Fsp3) is 1.00. The van der Waals surface area contributed by atoms with Crippen molar-refractivity contribution in [1.29, 1.82) is 0 Å². The second-order valence-corrected chi connectivity index (χ2v) is 6.30. The Hall–Kier alpha value is -0.120. The van der Waals surface area contributed by atoms with E-state index in [9.17, 15) is 0 Å². The lowest BCUT2D eigenvalue weighted by Crippen LogP contribution is -2.39. The summed E-state index contributed by atoms with van der Waals surface area (Å²) in [4.78, 5) is 2.63. The van der Waals surface area contributed by atoms with Gasteiger partial charge in [0, 0.05) is 13.1 Å². The van der Waals surface area contributed by atoms with Crippen LogP contribution in [-0.2, 0) is 4.74 Å². The molecule has 3 heteroatoms. The van der Waals surface area contributed by atoms with Gasteiger partial charge in [-0.05, 0) is 51.2 Å². The fourth-order valence-electron chi connectivity index (χ4n) is 3.52. The first-order valence-corrected chi connectivity index (χ1v) is 8.40. The van der Waals surface area contributed by atoms with Crippen LogP contribution >= 0.6 is 0 Å². The Labute approximate surface area is 119 Å². The topological polar surface area (TPSA) is 24.5 Å². The summed E-state index contributed by atoms with van der Waals surface area (Å²) in [7, 11) is 0. The first-order chi connectivity index (χ1) is 9.31. The van der Waals surface area contributed by atoms with Crippen LogP contribution in [-0.4, -0.2) is 49.8 Å². The van der Waals surface area contributed by atoms with Crippen molar-refractivity contribution in [2.45, 2.75) is 64.6 Å². The summed E-state index contributed by atoms with van der Waals surface area (Å²) in [5.74, 6) is 0.993.